The van der Waals surface area contributed by atoms with Gasteiger partial charge in [-0.05, 0) is 25.1 Å². The van der Waals surface area contributed by atoms with Crippen LogP contribution >= 0.6 is 12.4 Å². The Morgan fingerprint density at radius 1 is 1.30 bits per heavy atom. The van der Waals surface area contributed by atoms with E-state index in [2.05, 4.69) is 5.32 Å². The maximum absolute atomic E-state index is 12.5. The molecule has 20 heavy (non-hydrogen) atoms. The number of ether oxygens (including phenoxy) is 2. The van der Waals surface area contributed by atoms with Crippen molar-refractivity contribution in [3.8, 4) is 11.5 Å². The van der Waals surface area contributed by atoms with Crippen LogP contribution in [0.3, 0.4) is 0 Å². The summed E-state index contributed by atoms with van der Waals surface area (Å²) in [6, 6.07) is 5.47. The molecule has 0 saturated carbocycles. The van der Waals surface area contributed by atoms with Gasteiger partial charge in [0.15, 0.2) is 11.5 Å². The van der Waals surface area contributed by atoms with Gasteiger partial charge >= 0.3 is 0 Å². The Labute approximate surface area is 125 Å². The summed E-state index contributed by atoms with van der Waals surface area (Å²) in [7, 11) is 3.15. The summed E-state index contributed by atoms with van der Waals surface area (Å²) in [5.74, 6) is 1.25. The Bertz CT molecular complexity index is 468. The first-order valence-electron chi connectivity index (χ1n) is 6.41. The lowest BCUT2D eigenvalue weighted by Crippen LogP contribution is -2.52. The van der Waals surface area contributed by atoms with Crippen molar-refractivity contribution in [2.45, 2.75) is 13.0 Å². The van der Waals surface area contributed by atoms with E-state index in [9.17, 15) is 4.79 Å². The van der Waals surface area contributed by atoms with E-state index < -0.39 is 0 Å². The monoisotopic (exact) mass is 300 g/mol. The van der Waals surface area contributed by atoms with E-state index >= 15 is 0 Å². The molecule has 112 valence electrons. The molecule has 1 aliphatic rings. The van der Waals surface area contributed by atoms with Gasteiger partial charge in [0.2, 0.25) is 0 Å². The van der Waals surface area contributed by atoms with Crippen LogP contribution in [0.1, 0.15) is 17.3 Å². The molecule has 1 aromatic rings. The highest BCUT2D eigenvalue weighted by Gasteiger charge is 2.24. The second kappa shape index (κ2) is 7.36. The molecule has 1 amide bonds. The average Bonchev–Trinajstić information content (AvgIpc) is 2.46. The van der Waals surface area contributed by atoms with Crippen molar-refractivity contribution >= 4 is 18.3 Å². The normalized spacial score (nSPS) is 18.1. The Kier molecular flexibility index (Phi) is 6.10. The molecule has 1 saturated heterocycles. The van der Waals surface area contributed by atoms with Gasteiger partial charge in [0.25, 0.3) is 5.91 Å². The highest BCUT2D eigenvalue weighted by molar-refractivity contribution is 5.95. The van der Waals surface area contributed by atoms with Gasteiger partial charge in [-0.1, -0.05) is 0 Å². The Hall–Kier alpha value is -1.46. The Morgan fingerprint density at radius 3 is 2.60 bits per heavy atom. The minimum atomic E-state index is 0. The predicted octanol–water partition coefficient (Wildman–Crippen LogP) is 1.56. The fraction of sp³-hybridized carbons (Fsp3) is 0.500. The number of nitrogens with one attached hydrogen (secondary N) is 1. The van der Waals surface area contributed by atoms with Crippen molar-refractivity contribution < 1.29 is 14.3 Å². The van der Waals surface area contributed by atoms with Gasteiger partial charge < -0.3 is 19.7 Å². The minimum Gasteiger partial charge on any atom is -0.493 e. The van der Waals surface area contributed by atoms with E-state index in [4.69, 9.17) is 9.47 Å². The molecular formula is C14H21ClN2O3. The van der Waals surface area contributed by atoms with Crippen molar-refractivity contribution in [2.24, 2.45) is 0 Å². The van der Waals surface area contributed by atoms with Crippen LogP contribution in [0.4, 0.5) is 0 Å². The molecule has 0 aromatic heterocycles. The fourth-order valence-corrected chi connectivity index (χ4v) is 2.28. The van der Waals surface area contributed by atoms with Crippen molar-refractivity contribution in [1.29, 1.82) is 0 Å². The molecule has 1 aliphatic heterocycles. The maximum atomic E-state index is 12.5. The Morgan fingerprint density at radius 2 is 2.00 bits per heavy atom. The topological polar surface area (TPSA) is 50.8 Å². The van der Waals surface area contributed by atoms with E-state index in [1.165, 1.54) is 0 Å². The minimum absolute atomic E-state index is 0. The summed E-state index contributed by atoms with van der Waals surface area (Å²) >= 11 is 0. The van der Waals surface area contributed by atoms with Crippen molar-refractivity contribution in [3.63, 3.8) is 0 Å². The summed E-state index contributed by atoms with van der Waals surface area (Å²) in [6.07, 6.45) is 0. The summed E-state index contributed by atoms with van der Waals surface area (Å²) < 4.78 is 10.4. The number of piperazine rings is 1. The molecule has 1 fully saturated rings. The van der Waals surface area contributed by atoms with Crippen LogP contribution in [0.2, 0.25) is 0 Å². The molecule has 0 aliphatic carbocycles. The quantitative estimate of drug-likeness (QED) is 0.920. The highest BCUT2D eigenvalue weighted by Crippen LogP contribution is 2.28. The molecule has 0 bridgehead atoms. The zero-order valence-corrected chi connectivity index (χ0v) is 12.8. The zero-order chi connectivity index (χ0) is 13.8. The van der Waals surface area contributed by atoms with Crippen LogP contribution in [0.25, 0.3) is 0 Å². The summed E-state index contributed by atoms with van der Waals surface area (Å²) in [5.41, 5.74) is 0.631. The molecule has 6 heteroatoms. The summed E-state index contributed by atoms with van der Waals surface area (Å²) in [5, 5.41) is 3.27. The summed E-state index contributed by atoms with van der Waals surface area (Å²) in [4.78, 5) is 14.4. The van der Waals surface area contributed by atoms with Crippen LogP contribution in [-0.4, -0.2) is 50.7 Å². The number of methoxy groups -OCH3 is 2. The van der Waals surface area contributed by atoms with Gasteiger partial charge in [-0.2, -0.15) is 0 Å². The molecule has 0 spiro atoms. The number of benzene rings is 1. The molecule has 2 rings (SSSR count). The first kappa shape index (κ1) is 16.6. The molecule has 0 radical (unpaired) electrons. The standard InChI is InChI=1S/C14H20N2O3.ClH/c1-10-9-15-6-7-16(10)14(17)11-4-5-12(18-2)13(8-11)19-3;/h4-5,8,10,15H,6-7,9H2,1-3H3;1H. The number of carbonyl (C=O) groups is 1. The van der Waals surface area contributed by atoms with Gasteiger partial charge in [0.1, 0.15) is 0 Å². The molecule has 1 heterocycles. The molecule has 1 N–H and O–H groups in total. The second-order valence-electron chi connectivity index (χ2n) is 4.62. The SMILES string of the molecule is COc1ccc(C(=O)N2CCNCC2C)cc1OC.Cl. The zero-order valence-electron chi connectivity index (χ0n) is 12.0. The van der Waals surface area contributed by atoms with Crippen LogP contribution in [0.5, 0.6) is 11.5 Å². The van der Waals surface area contributed by atoms with E-state index in [-0.39, 0.29) is 24.4 Å². The van der Waals surface area contributed by atoms with Crippen molar-refractivity contribution in [1.82, 2.24) is 10.2 Å². The third-order valence-electron chi connectivity index (χ3n) is 3.39. The molecule has 1 atom stereocenters. The lowest BCUT2D eigenvalue weighted by atomic mass is 10.1. The average molecular weight is 301 g/mol. The van der Waals surface area contributed by atoms with Gasteiger partial charge in [0, 0.05) is 31.2 Å². The highest BCUT2D eigenvalue weighted by atomic mass is 35.5. The van der Waals surface area contributed by atoms with Gasteiger partial charge in [-0.15, -0.1) is 12.4 Å². The van der Waals surface area contributed by atoms with E-state index in [1.54, 1.807) is 32.4 Å². The number of amides is 1. The van der Waals surface area contributed by atoms with E-state index in [0.717, 1.165) is 19.6 Å². The van der Waals surface area contributed by atoms with Gasteiger partial charge in [0.05, 0.1) is 14.2 Å². The Balaban J connectivity index is 0.00000200. The van der Waals surface area contributed by atoms with Crippen LogP contribution in [0.15, 0.2) is 18.2 Å². The number of halogens is 1. The first-order valence-corrected chi connectivity index (χ1v) is 6.41. The van der Waals surface area contributed by atoms with Crippen molar-refractivity contribution in [3.05, 3.63) is 23.8 Å². The lowest BCUT2D eigenvalue weighted by molar-refractivity contribution is 0.0655. The number of carbonyl (C=O) groups excluding carboxylic acids is 1. The molecule has 1 aromatic carbocycles. The third kappa shape index (κ3) is 3.35. The van der Waals surface area contributed by atoms with Gasteiger partial charge in [-0.3, -0.25) is 4.79 Å². The molecular weight excluding hydrogens is 280 g/mol. The smallest absolute Gasteiger partial charge is 0.254 e. The van der Waals surface area contributed by atoms with Crippen LogP contribution < -0.4 is 14.8 Å². The maximum Gasteiger partial charge on any atom is 0.254 e. The van der Waals surface area contributed by atoms with E-state index in [0.29, 0.717) is 17.1 Å². The van der Waals surface area contributed by atoms with Crippen LogP contribution in [-0.2, 0) is 0 Å². The third-order valence-corrected chi connectivity index (χ3v) is 3.39. The largest absolute Gasteiger partial charge is 0.493 e. The van der Waals surface area contributed by atoms with Crippen molar-refractivity contribution in [2.75, 3.05) is 33.9 Å². The lowest BCUT2D eigenvalue weighted by Gasteiger charge is -2.34. The van der Waals surface area contributed by atoms with Gasteiger partial charge in [-0.25, -0.2) is 0 Å². The number of hydrogen-bond acceptors (Lipinski definition) is 4. The molecule has 1 unspecified atom stereocenters. The number of hydrogen-bond donors (Lipinski definition) is 1. The first-order chi connectivity index (χ1) is 9.17. The van der Waals surface area contributed by atoms with Crippen LogP contribution in [0, 0.1) is 0 Å². The number of rotatable bonds is 3. The van der Waals surface area contributed by atoms with E-state index in [1.807, 2.05) is 11.8 Å². The summed E-state index contributed by atoms with van der Waals surface area (Å²) in [6.45, 7) is 4.45. The second-order valence-corrected chi connectivity index (χ2v) is 4.62. The molecule has 5 nitrogen and oxygen atoms in total. The predicted molar refractivity (Wildman–Crippen MR) is 80.2 cm³/mol. The fourth-order valence-electron chi connectivity index (χ4n) is 2.28. The number of nitrogens with zero attached hydrogens (tertiary/aromatic N) is 1.